The summed E-state index contributed by atoms with van der Waals surface area (Å²) < 4.78 is 6.30. The lowest BCUT2D eigenvalue weighted by Gasteiger charge is -2.32. The van der Waals surface area contributed by atoms with Gasteiger partial charge in [-0.1, -0.05) is 13.8 Å². The summed E-state index contributed by atoms with van der Waals surface area (Å²) in [6.45, 7) is 6.62. The first-order valence-electron chi connectivity index (χ1n) is 6.81. The van der Waals surface area contributed by atoms with Gasteiger partial charge in [-0.25, -0.2) is 0 Å². The lowest BCUT2D eigenvalue weighted by atomic mass is 10.0. The van der Waals surface area contributed by atoms with E-state index in [-0.39, 0.29) is 17.9 Å². The fourth-order valence-corrected chi connectivity index (χ4v) is 2.68. The molecule has 1 aromatic heterocycles. The van der Waals surface area contributed by atoms with Crippen molar-refractivity contribution < 1.29 is 9.21 Å². The molecule has 0 aliphatic carbocycles. The van der Waals surface area contributed by atoms with E-state index in [2.05, 4.69) is 26.1 Å². The van der Waals surface area contributed by atoms with E-state index in [0.29, 0.717) is 0 Å². The molecule has 1 saturated heterocycles. The zero-order valence-electron chi connectivity index (χ0n) is 11.5. The molecule has 0 radical (unpaired) electrons. The van der Waals surface area contributed by atoms with Gasteiger partial charge in [0.2, 0.25) is 5.91 Å². The number of furan rings is 1. The van der Waals surface area contributed by atoms with E-state index in [9.17, 15) is 4.79 Å². The van der Waals surface area contributed by atoms with Crippen molar-refractivity contribution in [1.29, 1.82) is 0 Å². The van der Waals surface area contributed by atoms with Crippen LogP contribution in [-0.4, -0.2) is 29.9 Å². The second-order valence-electron chi connectivity index (χ2n) is 5.44. The highest BCUT2D eigenvalue weighted by Crippen LogP contribution is 2.18. The number of nitrogens with zero attached hydrogens (tertiary/aromatic N) is 1. The number of piperidine rings is 1. The number of amides is 1. The van der Waals surface area contributed by atoms with Gasteiger partial charge in [-0.05, 0) is 47.4 Å². The summed E-state index contributed by atoms with van der Waals surface area (Å²) in [7, 11) is 0. The standard InChI is InChI=1S/C14H21BrN2O2/c1-10(2)14(18)16-11-4-3-7-17(8-11)9-12-5-6-13(15)19-12/h5-6,10-11H,3-4,7-9H2,1-2H3,(H,16,18)/t11-/m0/s1. The predicted molar refractivity (Wildman–Crippen MR) is 77.7 cm³/mol. The molecule has 5 heteroatoms. The molecule has 1 aliphatic rings. The predicted octanol–water partition coefficient (Wildman–Crippen LogP) is 2.78. The summed E-state index contributed by atoms with van der Waals surface area (Å²) in [4.78, 5) is 14.1. The lowest BCUT2D eigenvalue weighted by Crippen LogP contribution is -2.48. The normalized spacial score (nSPS) is 20.7. The van der Waals surface area contributed by atoms with Gasteiger partial charge in [-0.2, -0.15) is 0 Å². The average molecular weight is 329 g/mol. The molecule has 106 valence electrons. The first kappa shape index (κ1) is 14.6. The van der Waals surface area contributed by atoms with E-state index in [1.807, 2.05) is 26.0 Å². The largest absolute Gasteiger partial charge is 0.453 e. The van der Waals surface area contributed by atoms with Crippen LogP contribution in [0.1, 0.15) is 32.4 Å². The maximum absolute atomic E-state index is 11.7. The van der Waals surface area contributed by atoms with Gasteiger partial charge in [-0.3, -0.25) is 9.69 Å². The Kier molecular flexibility index (Phi) is 5.05. The molecule has 0 unspecified atom stereocenters. The van der Waals surface area contributed by atoms with Crippen molar-refractivity contribution in [3.63, 3.8) is 0 Å². The Labute approximate surface area is 122 Å². The summed E-state index contributed by atoms with van der Waals surface area (Å²) >= 11 is 3.32. The van der Waals surface area contributed by atoms with Crippen molar-refractivity contribution >= 4 is 21.8 Å². The van der Waals surface area contributed by atoms with Gasteiger partial charge in [0.05, 0.1) is 6.54 Å². The van der Waals surface area contributed by atoms with E-state index >= 15 is 0 Å². The number of hydrogen-bond acceptors (Lipinski definition) is 3. The molecule has 1 aliphatic heterocycles. The number of carbonyl (C=O) groups is 1. The minimum atomic E-state index is 0.0522. The van der Waals surface area contributed by atoms with Crippen LogP contribution in [0.5, 0.6) is 0 Å². The van der Waals surface area contributed by atoms with Crippen LogP contribution in [0.4, 0.5) is 0 Å². The molecule has 2 heterocycles. The van der Waals surface area contributed by atoms with Crippen LogP contribution in [0.15, 0.2) is 21.2 Å². The number of likely N-dealkylation sites (tertiary alicyclic amines) is 1. The summed E-state index contributed by atoms with van der Waals surface area (Å²) in [5.41, 5.74) is 0. The van der Waals surface area contributed by atoms with Crippen molar-refractivity contribution in [2.24, 2.45) is 5.92 Å². The molecule has 0 saturated carbocycles. The minimum Gasteiger partial charge on any atom is -0.453 e. The summed E-state index contributed by atoms with van der Waals surface area (Å²) in [6.07, 6.45) is 2.18. The Morgan fingerprint density at radius 3 is 3.00 bits per heavy atom. The number of nitrogens with one attached hydrogen (secondary N) is 1. The first-order chi connectivity index (χ1) is 9.04. The topological polar surface area (TPSA) is 45.5 Å². The van der Waals surface area contributed by atoms with Crippen molar-refractivity contribution in [2.75, 3.05) is 13.1 Å². The molecule has 1 amide bonds. The van der Waals surface area contributed by atoms with Gasteiger partial charge in [0.1, 0.15) is 5.76 Å². The Hall–Kier alpha value is -0.810. The lowest BCUT2D eigenvalue weighted by molar-refractivity contribution is -0.125. The van der Waals surface area contributed by atoms with Gasteiger partial charge in [0, 0.05) is 18.5 Å². The van der Waals surface area contributed by atoms with E-state index in [4.69, 9.17) is 4.42 Å². The van der Waals surface area contributed by atoms with Crippen LogP contribution in [-0.2, 0) is 11.3 Å². The number of hydrogen-bond donors (Lipinski definition) is 1. The summed E-state index contributed by atoms with van der Waals surface area (Å²) in [5, 5.41) is 3.12. The molecule has 1 fully saturated rings. The van der Waals surface area contributed by atoms with Crippen molar-refractivity contribution in [3.05, 3.63) is 22.6 Å². The van der Waals surface area contributed by atoms with Gasteiger partial charge in [0.15, 0.2) is 4.67 Å². The van der Waals surface area contributed by atoms with Crippen molar-refractivity contribution in [2.45, 2.75) is 39.3 Å². The van der Waals surface area contributed by atoms with Gasteiger partial charge >= 0.3 is 0 Å². The van der Waals surface area contributed by atoms with Crippen LogP contribution in [0.2, 0.25) is 0 Å². The molecule has 2 rings (SSSR count). The van der Waals surface area contributed by atoms with E-state index in [1.54, 1.807) is 0 Å². The molecular weight excluding hydrogens is 308 g/mol. The molecule has 0 aromatic carbocycles. The van der Waals surface area contributed by atoms with E-state index in [0.717, 1.165) is 42.9 Å². The third-order valence-electron chi connectivity index (χ3n) is 3.38. The smallest absolute Gasteiger partial charge is 0.222 e. The maximum atomic E-state index is 11.7. The Balaban J connectivity index is 1.85. The highest BCUT2D eigenvalue weighted by atomic mass is 79.9. The number of halogens is 1. The first-order valence-corrected chi connectivity index (χ1v) is 7.61. The maximum Gasteiger partial charge on any atom is 0.222 e. The average Bonchev–Trinajstić information content (AvgIpc) is 2.75. The fourth-order valence-electron chi connectivity index (χ4n) is 2.34. The molecule has 1 aromatic rings. The van der Waals surface area contributed by atoms with Crippen molar-refractivity contribution in [1.82, 2.24) is 10.2 Å². The molecular formula is C14H21BrN2O2. The van der Waals surface area contributed by atoms with Crippen LogP contribution in [0.25, 0.3) is 0 Å². The van der Waals surface area contributed by atoms with Crippen molar-refractivity contribution in [3.8, 4) is 0 Å². The third kappa shape index (κ3) is 4.35. The van der Waals surface area contributed by atoms with Crippen LogP contribution in [0, 0.1) is 5.92 Å². The third-order valence-corrected chi connectivity index (χ3v) is 3.81. The second-order valence-corrected chi connectivity index (χ2v) is 6.22. The Morgan fingerprint density at radius 1 is 1.58 bits per heavy atom. The van der Waals surface area contributed by atoms with Gasteiger partial charge < -0.3 is 9.73 Å². The molecule has 1 N–H and O–H groups in total. The zero-order chi connectivity index (χ0) is 13.8. The minimum absolute atomic E-state index is 0.0522. The van der Waals surface area contributed by atoms with E-state index < -0.39 is 0 Å². The van der Waals surface area contributed by atoms with Crippen LogP contribution in [0.3, 0.4) is 0 Å². The zero-order valence-corrected chi connectivity index (χ0v) is 13.1. The molecule has 4 nitrogen and oxygen atoms in total. The summed E-state index contributed by atoms with van der Waals surface area (Å²) in [5.74, 6) is 1.16. The SMILES string of the molecule is CC(C)C(=O)N[C@H]1CCCN(Cc2ccc(Br)o2)C1. The quantitative estimate of drug-likeness (QED) is 0.924. The molecule has 0 spiro atoms. The molecule has 19 heavy (non-hydrogen) atoms. The highest BCUT2D eigenvalue weighted by Gasteiger charge is 2.22. The van der Waals surface area contributed by atoms with Crippen LogP contribution >= 0.6 is 15.9 Å². The monoisotopic (exact) mass is 328 g/mol. The van der Waals surface area contributed by atoms with E-state index in [1.165, 1.54) is 0 Å². The molecule has 1 atom stereocenters. The number of carbonyl (C=O) groups excluding carboxylic acids is 1. The Bertz CT molecular complexity index is 431. The van der Waals surface area contributed by atoms with Crippen LogP contribution < -0.4 is 5.32 Å². The summed E-state index contributed by atoms with van der Waals surface area (Å²) in [6, 6.07) is 4.17. The van der Waals surface area contributed by atoms with Gasteiger partial charge in [-0.15, -0.1) is 0 Å². The fraction of sp³-hybridized carbons (Fsp3) is 0.643. The van der Waals surface area contributed by atoms with Gasteiger partial charge in [0.25, 0.3) is 0 Å². The second kappa shape index (κ2) is 6.57. The molecule has 0 bridgehead atoms. The number of rotatable bonds is 4. The highest BCUT2D eigenvalue weighted by molar-refractivity contribution is 9.10. The Morgan fingerprint density at radius 2 is 2.37 bits per heavy atom.